The Bertz CT molecular complexity index is 619. The first-order chi connectivity index (χ1) is 10.9. The topological polar surface area (TPSA) is 95.5 Å². The van der Waals surface area contributed by atoms with E-state index in [1.165, 1.54) is 6.92 Å². The van der Waals surface area contributed by atoms with Gasteiger partial charge in [0.05, 0.1) is 5.92 Å². The van der Waals surface area contributed by atoms with Crippen molar-refractivity contribution in [2.45, 2.75) is 39.5 Å². The Balaban J connectivity index is 1.98. The normalized spacial score (nSPS) is 20.6. The molecule has 0 bridgehead atoms. The molecule has 2 amide bonds. The molecule has 1 fully saturated rings. The fourth-order valence-electron chi connectivity index (χ4n) is 2.87. The van der Waals surface area contributed by atoms with Crippen molar-refractivity contribution in [1.29, 1.82) is 0 Å². The van der Waals surface area contributed by atoms with E-state index in [2.05, 4.69) is 10.6 Å². The molecule has 0 heterocycles. The first-order valence-corrected chi connectivity index (χ1v) is 7.78. The van der Waals surface area contributed by atoms with Gasteiger partial charge >= 0.3 is 5.97 Å². The first kappa shape index (κ1) is 17.0. The summed E-state index contributed by atoms with van der Waals surface area (Å²) in [5.74, 6) is -1.52. The van der Waals surface area contributed by atoms with Gasteiger partial charge in [0, 0.05) is 24.2 Å². The summed E-state index contributed by atoms with van der Waals surface area (Å²) in [7, 11) is 0. The molecule has 3 N–H and O–H groups in total. The average Bonchev–Trinajstić information content (AvgIpc) is 2.50. The van der Waals surface area contributed by atoms with Crippen LogP contribution < -0.4 is 10.6 Å². The van der Waals surface area contributed by atoms with E-state index in [9.17, 15) is 14.4 Å². The summed E-state index contributed by atoms with van der Waals surface area (Å²) in [5.41, 5.74) is 2.22. The zero-order valence-corrected chi connectivity index (χ0v) is 13.4. The largest absolute Gasteiger partial charge is 0.481 e. The third-order valence-electron chi connectivity index (χ3n) is 4.26. The molecule has 1 saturated carbocycles. The predicted molar refractivity (Wildman–Crippen MR) is 87.2 cm³/mol. The smallest absolute Gasteiger partial charge is 0.306 e. The summed E-state index contributed by atoms with van der Waals surface area (Å²) in [6, 6.07) is 5.36. The van der Waals surface area contributed by atoms with Gasteiger partial charge in [0.25, 0.3) is 0 Å². The van der Waals surface area contributed by atoms with Gasteiger partial charge in [-0.05, 0) is 50.3 Å². The molecule has 0 unspecified atom stereocenters. The van der Waals surface area contributed by atoms with Crippen LogP contribution in [-0.4, -0.2) is 22.9 Å². The number of carboxylic acid groups (broad SMARTS) is 1. The molecule has 6 heteroatoms. The van der Waals surface area contributed by atoms with Crippen molar-refractivity contribution < 1.29 is 19.5 Å². The lowest BCUT2D eigenvalue weighted by molar-refractivity contribution is -0.143. The van der Waals surface area contributed by atoms with Gasteiger partial charge in [0.2, 0.25) is 11.8 Å². The summed E-state index contributed by atoms with van der Waals surface area (Å²) in [6.07, 6.45) is 2.26. The van der Waals surface area contributed by atoms with E-state index in [1.54, 1.807) is 12.1 Å². The number of aliphatic carboxylic acids is 1. The monoisotopic (exact) mass is 318 g/mol. The molecular formula is C17H22N2O4. The van der Waals surface area contributed by atoms with Crippen molar-refractivity contribution in [3.8, 4) is 0 Å². The minimum absolute atomic E-state index is 0.0912. The standard InChI is InChI=1S/C17H22N2O4/c1-10-3-8-14(9-15(10)18-11(2)20)19-16(21)12-4-6-13(7-5-12)17(22)23/h3,8-9,12-13H,4-7H2,1-2H3,(H,18,20)(H,19,21)(H,22,23). The van der Waals surface area contributed by atoms with Crippen molar-refractivity contribution in [2.24, 2.45) is 11.8 Å². The summed E-state index contributed by atoms with van der Waals surface area (Å²) in [4.78, 5) is 34.4. The Kier molecular flexibility index (Phi) is 5.36. The van der Waals surface area contributed by atoms with Crippen molar-refractivity contribution in [3.63, 3.8) is 0 Å². The molecule has 23 heavy (non-hydrogen) atoms. The number of carbonyl (C=O) groups excluding carboxylic acids is 2. The highest BCUT2D eigenvalue weighted by atomic mass is 16.4. The molecule has 0 saturated heterocycles. The minimum atomic E-state index is -0.776. The van der Waals surface area contributed by atoms with Crippen LogP contribution in [0.2, 0.25) is 0 Å². The second-order valence-corrected chi connectivity index (χ2v) is 6.09. The van der Waals surface area contributed by atoms with Gasteiger partial charge in [0.1, 0.15) is 0 Å². The van der Waals surface area contributed by atoms with Gasteiger partial charge in [0.15, 0.2) is 0 Å². The average molecular weight is 318 g/mol. The number of hydrogen-bond acceptors (Lipinski definition) is 3. The number of carboxylic acids is 1. The summed E-state index contributed by atoms with van der Waals surface area (Å²) in [5, 5.41) is 14.6. The molecule has 1 aliphatic rings. The van der Waals surface area contributed by atoms with E-state index < -0.39 is 5.97 Å². The number of anilines is 2. The molecule has 0 spiro atoms. The maximum absolute atomic E-state index is 12.3. The third-order valence-corrected chi connectivity index (χ3v) is 4.26. The highest BCUT2D eigenvalue weighted by molar-refractivity contribution is 5.95. The molecule has 0 aromatic heterocycles. The van der Waals surface area contributed by atoms with Gasteiger partial charge < -0.3 is 15.7 Å². The highest BCUT2D eigenvalue weighted by Crippen LogP contribution is 2.30. The molecule has 6 nitrogen and oxygen atoms in total. The molecule has 1 aromatic rings. The summed E-state index contributed by atoms with van der Waals surface area (Å²) in [6.45, 7) is 3.32. The fraction of sp³-hybridized carbons (Fsp3) is 0.471. The maximum atomic E-state index is 12.3. The van der Waals surface area contributed by atoms with Crippen molar-refractivity contribution in [3.05, 3.63) is 23.8 Å². The third kappa shape index (κ3) is 4.55. The highest BCUT2D eigenvalue weighted by Gasteiger charge is 2.29. The van der Waals surface area contributed by atoms with Crippen LogP contribution in [-0.2, 0) is 14.4 Å². The fourth-order valence-corrected chi connectivity index (χ4v) is 2.87. The number of hydrogen-bond donors (Lipinski definition) is 3. The molecular weight excluding hydrogens is 296 g/mol. The van der Waals surface area contributed by atoms with E-state index in [1.807, 2.05) is 13.0 Å². The van der Waals surface area contributed by atoms with Gasteiger partial charge in [-0.1, -0.05) is 6.07 Å². The first-order valence-electron chi connectivity index (χ1n) is 7.78. The van der Waals surface area contributed by atoms with Gasteiger partial charge in [-0.3, -0.25) is 14.4 Å². The number of rotatable bonds is 4. The van der Waals surface area contributed by atoms with Crippen LogP contribution in [0.3, 0.4) is 0 Å². The number of amides is 2. The molecule has 0 aliphatic heterocycles. The van der Waals surface area contributed by atoms with Crippen LogP contribution in [0.5, 0.6) is 0 Å². The van der Waals surface area contributed by atoms with Crippen molar-refractivity contribution in [1.82, 2.24) is 0 Å². The van der Waals surface area contributed by atoms with E-state index in [4.69, 9.17) is 5.11 Å². The van der Waals surface area contributed by atoms with Crippen LogP contribution in [0.4, 0.5) is 11.4 Å². The zero-order chi connectivity index (χ0) is 17.0. The minimum Gasteiger partial charge on any atom is -0.481 e. The number of benzene rings is 1. The lowest BCUT2D eigenvalue weighted by atomic mass is 9.81. The van der Waals surface area contributed by atoms with Crippen LogP contribution in [0.25, 0.3) is 0 Å². The van der Waals surface area contributed by atoms with E-state index in [0.29, 0.717) is 37.1 Å². The molecule has 1 aliphatic carbocycles. The van der Waals surface area contributed by atoms with E-state index >= 15 is 0 Å². The van der Waals surface area contributed by atoms with Gasteiger partial charge in [-0.25, -0.2) is 0 Å². The van der Waals surface area contributed by atoms with Crippen LogP contribution in [0, 0.1) is 18.8 Å². The van der Waals surface area contributed by atoms with Gasteiger partial charge in [-0.15, -0.1) is 0 Å². The number of carbonyl (C=O) groups is 3. The van der Waals surface area contributed by atoms with Crippen LogP contribution in [0.1, 0.15) is 38.2 Å². The summed E-state index contributed by atoms with van der Waals surface area (Å²) < 4.78 is 0. The molecule has 124 valence electrons. The SMILES string of the molecule is CC(=O)Nc1cc(NC(=O)C2CCC(C(=O)O)CC2)ccc1C. The number of nitrogens with one attached hydrogen (secondary N) is 2. The zero-order valence-electron chi connectivity index (χ0n) is 13.4. The molecule has 0 radical (unpaired) electrons. The molecule has 2 rings (SSSR count). The molecule has 1 aromatic carbocycles. The second kappa shape index (κ2) is 7.26. The van der Waals surface area contributed by atoms with Crippen molar-refractivity contribution >= 4 is 29.2 Å². The summed E-state index contributed by atoms with van der Waals surface area (Å²) >= 11 is 0. The Morgan fingerprint density at radius 3 is 2.22 bits per heavy atom. The van der Waals surface area contributed by atoms with E-state index in [-0.39, 0.29) is 23.7 Å². The Hall–Kier alpha value is -2.37. The second-order valence-electron chi connectivity index (χ2n) is 6.09. The maximum Gasteiger partial charge on any atom is 0.306 e. The Morgan fingerprint density at radius 2 is 1.65 bits per heavy atom. The number of aryl methyl sites for hydroxylation is 1. The van der Waals surface area contributed by atoms with Crippen molar-refractivity contribution in [2.75, 3.05) is 10.6 Å². The van der Waals surface area contributed by atoms with Gasteiger partial charge in [-0.2, -0.15) is 0 Å². The lowest BCUT2D eigenvalue weighted by Crippen LogP contribution is -2.29. The van der Waals surface area contributed by atoms with E-state index in [0.717, 1.165) is 5.56 Å². The quantitative estimate of drug-likeness (QED) is 0.795. The van der Waals surface area contributed by atoms with Crippen LogP contribution in [0.15, 0.2) is 18.2 Å². The lowest BCUT2D eigenvalue weighted by Gasteiger charge is -2.25. The Labute approximate surface area is 135 Å². The predicted octanol–water partition coefficient (Wildman–Crippen LogP) is 2.78. The molecule has 0 atom stereocenters. The Morgan fingerprint density at radius 1 is 1.04 bits per heavy atom. The van der Waals surface area contributed by atoms with Crippen LogP contribution >= 0.6 is 0 Å².